The number of fused-ring (bicyclic) bond motifs is 17. The number of aliphatic hydroxyl groups is 1. The van der Waals surface area contributed by atoms with Crippen molar-refractivity contribution >= 4 is 39.4 Å². The van der Waals surface area contributed by atoms with Crippen LogP contribution in [0.2, 0.25) is 0 Å². The third kappa shape index (κ3) is 8.04. The van der Waals surface area contributed by atoms with E-state index in [-0.39, 0.29) is 5.41 Å². The molecule has 4 heterocycles. The van der Waals surface area contributed by atoms with Gasteiger partial charge in [-0.25, -0.2) is 0 Å². The molecule has 10 aromatic carbocycles. The fourth-order valence-electron chi connectivity index (χ4n) is 14.5. The molecule has 0 bridgehead atoms. The van der Waals surface area contributed by atoms with Crippen LogP contribution in [0.15, 0.2) is 194 Å². The summed E-state index contributed by atoms with van der Waals surface area (Å²) in [6.07, 6.45) is 9.67. The van der Waals surface area contributed by atoms with Gasteiger partial charge in [0.2, 0.25) is 0 Å². The Morgan fingerprint density at radius 2 is 0.988 bits per heavy atom. The summed E-state index contributed by atoms with van der Waals surface area (Å²) in [5, 5.41) is 16.5. The lowest BCUT2D eigenvalue weighted by molar-refractivity contribution is 0.105. The molecule has 2 atom stereocenters. The third-order valence-corrected chi connectivity index (χ3v) is 18.7. The molecule has 10 aromatic rings. The number of hydrogen-bond donors (Lipinski definition) is 1. The number of methoxy groups -OCH3 is 3. The smallest absolute Gasteiger partial charge is 0.178 e. The molecule has 0 saturated carbocycles. The van der Waals surface area contributed by atoms with Crippen LogP contribution in [-0.4, -0.2) is 59.3 Å². The maximum absolute atomic E-state index is 12.1. The Bertz CT molecular complexity index is 4320. The fourth-order valence-corrected chi connectivity index (χ4v) is 14.5. The van der Waals surface area contributed by atoms with Crippen LogP contribution < -0.4 is 33.3 Å². The first-order chi connectivity index (χ1) is 41.5. The molecule has 9 nitrogen and oxygen atoms in total. The molecular weight excluding hydrogens is 1050 g/mol. The van der Waals surface area contributed by atoms with Crippen molar-refractivity contribution in [1.29, 1.82) is 0 Å². The average Bonchev–Trinajstić information content (AvgIpc) is 1.65. The van der Waals surface area contributed by atoms with Gasteiger partial charge in [-0.2, -0.15) is 0 Å². The SMILES string of the molecule is COc1ccc(C2(c3ccc(OC)cc3)C=Cc3c4c(c5ccccc5c3O2)-c2ccc(N3CCOCC3)cc2C4(C)C)cc1.COc1ccc(C2(c3ccccc3)C=Cc3c4c(c5cc6c(cc5c3O2)OCC6)-c2ccccc2C4(C)O)cc1. The number of morpholine rings is 1. The largest absolute Gasteiger partial charge is 0.497 e. The van der Waals surface area contributed by atoms with Crippen molar-refractivity contribution in [2.45, 2.75) is 49.4 Å². The minimum Gasteiger partial charge on any atom is -0.497 e. The van der Waals surface area contributed by atoms with Crippen molar-refractivity contribution in [3.63, 3.8) is 0 Å². The molecule has 1 saturated heterocycles. The monoisotopic (exact) mass is 1120 g/mol. The van der Waals surface area contributed by atoms with E-state index in [1.165, 1.54) is 38.9 Å². The zero-order chi connectivity index (χ0) is 57.8. The molecule has 2 aliphatic carbocycles. The molecular formula is C76H65NO8. The van der Waals surface area contributed by atoms with Gasteiger partial charge in [0.1, 0.15) is 40.1 Å². The molecule has 0 aromatic heterocycles. The van der Waals surface area contributed by atoms with Crippen LogP contribution >= 0.6 is 0 Å². The molecule has 85 heavy (non-hydrogen) atoms. The highest BCUT2D eigenvalue weighted by molar-refractivity contribution is 6.10. The predicted molar refractivity (Wildman–Crippen MR) is 338 cm³/mol. The summed E-state index contributed by atoms with van der Waals surface area (Å²) in [6.45, 7) is 10.7. The van der Waals surface area contributed by atoms with Crippen LogP contribution in [0.3, 0.4) is 0 Å². The van der Waals surface area contributed by atoms with Crippen LogP contribution in [0.25, 0.3) is 56.0 Å². The third-order valence-electron chi connectivity index (χ3n) is 18.7. The lowest BCUT2D eigenvalue weighted by Gasteiger charge is -2.38. The van der Waals surface area contributed by atoms with Crippen LogP contribution in [0.5, 0.6) is 34.5 Å². The summed E-state index contributed by atoms with van der Waals surface area (Å²) in [7, 11) is 5.06. The molecule has 0 spiro atoms. The Kier molecular flexibility index (Phi) is 12.3. The van der Waals surface area contributed by atoms with Crippen molar-refractivity contribution < 1.29 is 38.3 Å². The van der Waals surface area contributed by atoms with Crippen LogP contribution in [0, 0.1) is 0 Å². The van der Waals surface area contributed by atoms with Crippen LogP contribution in [0.4, 0.5) is 5.69 Å². The second-order valence-corrected chi connectivity index (χ2v) is 23.6. The number of anilines is 1. The number of nitrogens with zero attached hydrogens (tertiary/aromatic N) is 1. The maximum atomic E-state index is 12.1. The van der Waals surface area contributed by atoms with Crippen molar-refractivity contribution in [3.05, 3.63) is 255 Å². The number of benzene rings is 10. The standard InChI is InChI=1S/C40H37NO4.C36H28O4/c1-39(2)35-25-28(41-21-23-44-24-22-41)13-18-33(35)36-31-7-5-6-8-32(31)38-34(37(36)39)19-20-40(45-38,26-9-14-29(42-3)15-10-26)27-11-16-30(43-4)17-12-27;1-35(37)30-11-7-6-10-26(30)32-28-20-22-17-19-39-31(22)21-29(28)34-27(33(32)35)16-18-36(40-34,23-8-4-3-5-9-23)24-12-14-25(38-2)15-13-24/h5-20,25H,21-24H2,1-4H3;3-16,18,20-21,37H,17,19H2,1-2H3. The van der Waals surface area contributed by atoms with Gasteiger partial charge in [0.25, 0.3) is 0 Å². The molecule has 422 valence electrons. The fraction of sp³-hybridized carbons (Fsp3) is 0.211. The summed E-state index contributed by atoms with van der Waals surface area (Å²) < 4.78 is 42.8. The summed E-state index contributed by atoms with van der Waals surface area (Å²) >= 11 is 0. The highest BCUT2D eigenvalue weighted by atomic mass is 16.5. The molecule has 1 N–H and O–H groups in total. The Morgan fingerprint density at radius 3 is 1.60 bits per heavy atom. The van der Waals surface area contributed by atoms with E-state index in [1.807, 2.05) is 79.7 Å². The quantitative estimate of drug-likeness (QED) is 0.160. The minimum absolute atomic E-state index is 0.227. The van der Waals surface area contributed by atoms with E-state index in [0.29, 0.717) is 6.61 Å². The second-order valence-electron chi connectivity index (χ2n) is 23.6. The Labute approximate surface area is 495 Å². The van der Waals surface area contributed by atoms with E-state index in [0.717, 1.165) is 139 Å². The lowest BCUT2D eigenvalue weighted by Crippen LogP contribution is -2.36. The molecule has 9 heteroatoms. The van der Waals surface area contributed by atoms with E-state index >= 15 is 0 Å². The summed E-state index contributed by atoms with van der Waals surface area (Å²) in [4.78, 5) is 2.44. The molecule has 4 aliphatic heterocycles. The van der Waals surface area contributed by atoms with Gasteiger partial charge in [0.15, 0.2) is 11.2 Å². The number of rotatable bonds is 8. The topological polar surface area (TPSA) is 88.1 Å². The van der Waals surface area contributed by atoms with Gasteiger partial charge >= 0.3 is 0 Å². The highest BCUT2D eigenvalue weighted by Gasteiger charge is 2.47. The molecule has 0 radical (unpaired) electrons. The van der Waals surface area contributed by atoms with Gasteiger partial charge in [-0.15, -0.1) is 0 Å². The molecule has 16 rings (SSSR count). The van der Waals surface area contributed by atoms with E-state index in [9.17, 15) is 5.11 Å². The Hall–Kier alpha value is -9.28. The number of ether oxygens (including phenoxy) is 7. The minimum atomic E-state index is -1.17. The predicted octanol–water partition coefficient (Wildman–Crippen LogP) is 15.7. The Morgan fingerprint density at radius 1 is 0.471 bits per heavy atom. The maximum Gasteiger partial charge on any atom is 0.178 e. The van der Waals surface area contributed by atoms with Crippen molar-refractivity contribution in [3.8, 4) is 56.8 Å². The van der Waals surface area contributed by atoms with E-state index < -0.39 is 16.8 Å². The average molecular weight is 1120 g/mol. The van der Waals surface area contributed by atoms with E-state index in [4.69, 9.17) is 33.2 Å². The molecule has 6 aliphatic rings. The number of hydrogen-bond acceptors (Lipinski definition) is 9. The zero-order valence-electron chi connectivity index (χ0n) is 48.6. The summed E-state index contributed by atoms with van der Waals surface area (Å²) in [6, 6.07) is 63.0. The van der Waals surface area contributed by atoms with Crippen LogP contribution in [-0.2, 0) is 33.4 Å². The van der Waals surface area contributed by atoms with Gasteiger partial charge in [-0.05, 0) is 135 Å². The Balaban J connectivity index is 0.000000145. The first-order valence-corrected chi connectivity index (χ1v) is 29.4. The van der Waals surface area contributed by atoms with Gasteiger partial charge < -0.3 is 43.2 Å². The summed E-state index contributed by atoms with van der Waals surface area (Å²) in [5.41, 5.74) is 14.7. The highest BCUT2D eigenvalue weighted by Crippen LogP contribution is 2.61. The van der Waals surface area contributed by atoms with Gasteiger partial charge in [-0.3, -0.25) is 0 Å². The van der Waals surface area contributed by atoms with Crippen LogP contribution in [0.1, 0.15) is 82.0 Å². The van der Waals surface area contributed by atoms with E-state index in [2.05, 4.69) is 152 Å². The van der Waals surface area contributed by atoms with Gasteiger partial charge in [0.05, 0.1) is 41.2 Å². The first kappa shape index (κ1) is 52.5. The zero-order valence-corrected chi connectivity index (χ0v) is 48.6. The van der Waals surface area contributed by atoms with Gasteiger partial charge in [0, 0.05) is 80.3 Å². The lowest BCUT2D eigenvalue weighted by atomic mass is 9.76. The second kappa shape index (κ2) is 19.9. The molecule has 1 fully saturated rings. The first-order valence-electron chi connectivity index (χ1n) is 29.4. The van der Waals surface area contributed by atoms with Gasteiger partial charge in [-0.1, -0.05) is 147 Å². The van der Waals surface area contributed by atoms with Crippen molar-refractivity contribution in [2.75, 3.05) is 59.1 Å². The normalized spacial score (nSPS) is 19.4. The molecule has 2 unspecified atom stereocenters. The van der Waals surface area contributed by atoms with Crippen molar-refractivity contribution in [1.82, 2.24) is 0 Å². The summed E-state index contributed by atoms with van der Waals surface area (Å²) in [5.74, 6) is 4.97. The van der Waals surface area contributed by atoms with Crippen molar-refractivity contribution in [2.24, 2.45) is 0 Å². The van der Waals surface area contributed by atoms with E-state index in [1.54, 1.807) is 21.3 Å². The molecule has 0 amide bonds.